The lowest BCUT2D eigenvalue weighted by Crippen LogP contribution is -2.26. The summed E-state index contributed by atoms with van der Waals surface area (Å²) in [7, 11) is 1.96. The van der Waals surface area contributed by atoms with E-state index >= 15 is 0 Å². The van der Waals surface area contributed by atoms with Crippen molar-refractivity contribution in [1.82, 2.24) is 24.6 Å². The molecule has 2 aromatic rings. The van der Waals surface area contributed by atoms with Crippen LogP contribution in [0.3, 0.4) is 0 Å². The van der Waals surface area contributed by atoms with Crippen LogP contribution in [-0.4, -0.2) is 50.8 Å². The summed E-state index contributed by atoms with van der Waals surface area (Å²) in [6.45, 7) is 12.1. The molecule has 0 fully saturated rings. The standard InChI is InChI=1S/C19H30N6O/c1-6-10-16-14(4)15(13-24(16)5)17-18(26)21-19(23-22-17)20-11-9-12-25(7-2)8-3/h6,10,13H,7-9,11-12H2,1-5H3,(H2,20,21,23,26)/b10-6-. The van der Waals surface area contributed by atoms with Gasteiger partial charge in [0.15, 0.2) is 5.69 Å². The van der Waals surface area contributed by atoms with Gasteiger partial charge in [0.25, 0.3) is 5.56 Å². The predicted octanol–water partition coefficient (Wildman–Crippen LogP) is 2.66. The van der Waals surface area contributed by atoms with Gasteiger partial charge in [-0.3, -0.25) is 9.78 Å². The third-order valence-electron chi connectivity index (χ3n) is 4.61. The molecule has 0 bridgehead atoms. The topological polar surface area (TPSA) is 78.8 Å². The molecule has 2 aromatic heterocycles. The number of nitrogens with one attached hydrogen (secondary N) is 2. The molecule has 0 aliphatic rings. The lowest BCUT2D eigenvalue weighted by atomic mass is 10.1. The molecule has 0 saturated carbocycles. The first-order chi connectivity index (χ1) is 12.5. The number of allylic oxidation sites excluding steroid dienone is 1. The van der Waals surface area contributed by atoms with Crippen molar-refractivity contribution in [1.29, 1.82) is 0 Å². The van der Waals surface area contributed by atoms with E-state index in [-0.39, 0.29) is 5.56 Å². The van der Waals surface area contributed by atoms with Gasteiger partial charge in [0.1, 0.15) is 0 Å². The third-order valence-corrected chi connectivity index (χ3v) is 4.61. The van der Waals surface area contributed by atoms with Crippen LogP contribution in [0.15, 0.2) is 17.1 Å². The van der Waals surface area contributed by atoms with Crippen molar-refractivity contribution in [3.05, 3.63) is 33.9 Å². The molecule has 0 aliphatic carbocycles. The monoisotopic (exact) mass is 358 g/mol. The van der Waals surface area contributed by atoms with Crippen LogP contribution in [0, 0.1) is 6.92 Å². The summed E-state index contributed by atoms with van der Waals surface area (Å²) < 4.78 is 1.99. The molecule has 0 unspecified atom stereocenters. The fourth-order valence-corrected chi connectivity index (χ4v) is 3.04. The molecular formula is C19H30N6O. The number of H-pyrrole nitrogens is 1. The Morgan fingerprint density at radius 3 is 2.65 bits per heavy atom. The Labute approximate surface area is 155 Å². The molecule has 142 valence electrons. The zero-order valence-electron chi connectivity index (χ0n) is 16.5. The lowest BCUT2D eigenvalue weighted by molar-refractivity contribution is 0.303. The van der Waals surface area contributed by atoms with E-state index in [1.807, 2.05) is 43.8 Å². The molecule has 0 spiro atoms. The summed E-state index contributed by atoms with van der Waals surface area (Å²) in [5.74, 6) is 0.417. The second-order valence-electron chi connectivity index (χ2n) is 6.32. The first kappa shape index (κ1) is 19.9. The van der Waals surface area contributed by atoms with E-state index in [9.17, 15) is 4.79 Å². The van der Waals surface area contributed by atoms with E-state index in [0.29, 0.717) is 11.6 Å². The zero-order chi connectivity index (χ0) is 19.1. The van der Waals surface area contributed by atoms with E-state index in [0.717, 1.165) is 49.4 Å². The van der Waals surface area contributed by atoms with Crippen LogP contribution in [0.2, 0.25) is 0 Å². The minimum Gasteiger partial charge on any atom is -0.354 e. The normalized spacial score (nSPS) is 11.6. The Morgan fingerprint density at radius 2 is 2.04 bits per heavy atom. The second-order valence-corrected chi connectivity index (χ2v) is 6.32. The summed E-state index contributed by atoms with van der Waals surface area (Å²) in [6, 6.07) is 0. The summed E-state index contributed by atoms with van der Waals surface area (Å²) in [5.41, 5.74) is 3.00. The van der Waals surface area contributed by atoms with Gasteiger partial charge in [-0.25, -0.2) is 0 Å². The Morgan fingerprint density at radius 1 is 1.31 bits per heavy atom. The highest BCUT2D eigenvalue weighted by Gasteiger charge is 2.15. The minimum absolute atomic E-state index is 0.230. The van der Waals surface area contributed by atoms with Crippen LogP contribution in [0.25, 0.3) is 17.3 Å². The van der Waals surface area contributed by atoms with Gasteiger partial charge >= 0.3 is 0 Å². The number of nitrogens with zero attached hydrogens (tertiary/aromatic N) is 4. The van der Waals surface area contributed by atoms with E-state index in [2.05, 4.69) is 39.2 Å². The molecule has 0 saturated heterocycles. The van der Waals surface area contributed by atoms with Crippen LogP contribution in [0.1, 0.15) is 38.4 Å². The zero-order valence-corrected chi connectivity index (χ0v) is 16.5. The van der Waals surface area contributed by atoms with Crippen molar-refractivity contribution in [2.75, 3.05) is 31.5 Å². The van der Waals surface area contributed by atoms with Crippen LogP contribution in [0.5, 0.6) is 0 Å². The largest absolute Gasteiger partial charge is 0.354 e. The maximum absolute atomic E-state index is 12.5. The van der Waals surface area contributed by atoms with Gasteiger partial charge in [-0.2, -0.15) is 0 Å². The number of aryl methyl sites for hydroxylation is 1. The van der Waals surface area contributed by atoms with Gasteiger partial charge in [0.05, 0.1) is 0 Å². The first-order valence-corrected chi connectivity index (χ1v) is 9.23. The average Bonchev–Trinajstić information content (AvgIpc) is 2.90. The van der Waals surface area contributed by atoms with Crippen LogP contribution in [0.4, 0.5) is 5.95 Å². The highest BCUT2D eigenvalue weighted by molar-refractivity contribution is 5.68. The Kier molecular flexibility index (Phi) is 7.15. The number of hydrogen-bond donors (Lipinski definition) is 2. The Hall–Kier alpha value is -2.41. The van der Waals surface area contributed by atoms with Gasteiger partial charge in [-0.15, -0.1) is 10.2 Å². The molecule has 0 amide bonds. The van der Waals surface area contributed by atoms with E-state index in [4.69, 9.17) is 0 Å². The van der Waals surface area contributed by atoms with Crippen molar-refractivity contribution < 1.29 is 0 Å². The number of hydrogen-bond acceptors (Lipinski definition) is 5. The van der Waals surface area contributed by atoms with E-state index in [1.54, 1.807) is 0 Å². The summed E-state index contributed by atoms with van der Waals surface area (Å²) >= 11 is 0. The lowest BCUT2D eigenvalue weighted by Gasteiger charge is -2.17. The molecule has 0 radical (unpaired) electrons. The molecule has 26 heavy (non-hydrogen) atoms. The Bertz CT molecular complexity index is 801. The third kappa shape index (κ3) is 4.60. The Balaban J connectivity index is 2.08. The van der Waals surface area contributed by atoms with Gasteiger partial charge in [0, 0.05) is 31.0 Å². The fourth-order valence-electron chi connectivity index (χ4n) is 3.04. The molecule has 0 aromatic carbocycles. The van der Waals surface area contributed by atoms with Crippen LogP contribution >= 0.6 is 0 Å². The number of aromatic amines is 1. The molecule has 0 aliphatic heterocycles. The number of rotatable bonds is 9. The fraction of sp³-hybridized carbons (Fsp3) is 0.526. The maximum atomic E-state index is 12.5. The van der Waals surface area contributed by atoms with Crippen molar-refractivity contribution >= 4 is 12.0 Å². The molecule has 7 nitrogen and oxygen atoms in total. The molecule has 2 rings (SSSR count). The smallest absolute Gasteiger partial charge is 0.279 e. The molecule has 0 atom stereocenters. The summed E-state index contributed by atoms with van der Waals surface area (Å²) in [6.07, 6.45) is 6.90. The minimum atomic E-state index is -0.230. The number of anilines is 1. The van der Waals surface area contributed by atoms with Crippen LogP contribution < -0.4 is 10.9 Å². The van der Waals surface area contributed by atoms with Crippen molar-refractivity contribution in [3.8, 4) is 11.3 Å². The summed E-state index contributed by atoms with van der Waals surface area (Å²) in [4.78, 5) is 17.6. The van der Waals surface area contributed by atoms with Crippen molar-refractivity contribution in [2.45, 2.75) is 34.1 Å². The van der Waals surface area contributed by atoms with Gasteiger partial charge in [0.2, 0.25) is 5.95 Å². The molecular weight excluding hydrogens is 328 g/mol. The highest BCUT2D eigenvalue weighted by Crippen LogP contribution is 2.24. The van der Waals surface area contributed by atoms with Crippen molar-refractivity contribution in [3.63, 3.8) is 0 Å². The summed E-state index contributed by atoms with van der Waals surface area (Å²) in [5, 5.41) is 11.5. The first-order valence-electron chi connectivity index (χ1n) is 9.23. The number of aromatic nitrogens is 4. The molecule has 7 heteroatoms. The van der Waals surface area contributed by atoms with Gasteiger partial charge in [-0.1, -0.05) is 19.9 Å². The predicted molar refractivity (Wildman–Crippen MR) is 107 cm³/mol. The SMILES string of the molecule is C/C=C\c1c(C)c(-c2nnc(NCCCN(CC)CC)[nH]c2=O)cn1C. The van der Waals surface area contributed by atoms with E-state index < -0.39 is 0 Å². The van der Waals surface area contributed by atoms with Gasteiger partial charge in [-0.05, 0) is 51.5 Å². The van der Waals surface area contributed by atoms with Crippen molar-refractivity contribution in [2.24, 2.45) is 7.05 Å². The van der Waals surface area contributed by atoms with Crippen LogP contribution in [-0.2, 0) is 7.05 Å². The molecule has 2 heterocycles. The average molecular weight is 358 g/mol. The van der Waals surface area contributed by atoms with Gasteiger partial charge < -0.3 is 14.8 Å². The quantitative estimate of drug-likeness (QED) is 0.674. The molecule has 2 N–H and O–H groups in total. The second kappa shape index (κ2) is 9.33. The highest BCUT2D eigenvalue weighted by atomic mass is 16.1. The maximum Gasteiger partial charge on any atom is 0.279 e. The van der Waals surface area contributed by atoms with E-state index in [1.165, 1.54) is 0 Å².